The molecule has 0 aliphatic heterocycles. The molecule has 1 aliphatic rings. The lowest BCUT2D eigenvalue weighted by Gasteiger charge is -2.01. The molecule has 0 aromatic carbocycles. The fraction of sp³-hybridized carbons (Fsp3) is 0.438. The molecule has 98 valence electrons. The number of aromatic nitrogens is 1. The lowest BCUT2D eigenvalue weighted by Crippen LogP contribution is -2.14. The fourth-order valence-corrected chi connectivity index (χ4v) is 2.24. The first-order valence-electron chi connectivity index (χ1n) is 6.48. The molecule has 1 aromatic rings. The summed E-state index contributed by atoms with van der Waals surface area (Å²) < 4.78 is 1.50. The molecule has 3 heteroatoms. The molecule has 0 saturated heterocycles. The van der Waals surface area contributed by atoms with Crippen LogP contribution in [0.15, 0.2) is 23.1 Å². The molecule has 0 radical (unpaired) electrons. The highest BCUT2D eigenvalue weighted by molar-refractivity contribution is 5.39. The van der Waals surface area contributed by atoms with E-state index in [1.807, 2.05) is 0 Å². The predicted molar refractivity (Wildman–Crippen MR) is 74.3 cm³/mol. The largest absolute Gasteiger partial charge is 0.396 e. The quantitative estimate of drug-likeness (QED) is 0.765. The van der Waals surface area contributed by atoms with Crippen LogP contribution in [0.5, 0.6) is 0 Å². The zero-order chi connectivity index (χ0) is 13.7. The van der Waals surface area contributed by atoms with Crippen LogP contribution in [-0.2, 0) is 7.05 Å². The molecule has 1 heterocycles. The number of aryl methyl sites for hydroxylation is 1. The lowest BCUT2D eigenvalue weighted by atomic mass is 10.1. The van der Waals surface area contributed by atoms with E-state index in [9.17, 15) is 4.79 Å². The molecule has 1 saturated carbocycles. The molecular weight excluding hydrogens is 238 g/mol. The van der Waals surface area contributed by atoms with Crippen LogP contribution in [0.1, 0.15) is 24.8 Å². The normalized spacial score (nSPS) is 21.2. The molecule has 1 N–H and O–H groups in total. The second-order valence-electron chi connectivity index (χ2n) is 4.94. The summed E-state index contributed by atoms with van der Waals surface area (Å²) >= 11 is 0. The van der Waals surface area contributed by atoms with Crippen molar-refractivity contribution in [1.29, 1.82) is 0 Å². The highest BCUT2D eigenvalue weighted by Crippen LogP contribution is 2.29. The molecule has 1 aliphatic carbocycles. The van der Waals surface area contributed by atoms with Crippen LogP contribution in [0.3, 0.4) is 0 Å². The van der Waals surface area contributed by atoms with Crippen molar-refractivity contribution in [3.05, 3.63) is 34.2 Å². The fourth-order valence-electron chi connectivity index (χ4n) is 2.24. The number of aliphatic hydroxyl groups excluding tert-OH is 1. The van der Waals surface area contributed by atoms with Crippen molar-refractivity contribution in [2.24, 2.45) is 18.9 Å². The molecule has 2 atom stereocenters. The Morgan fingerprint density at radius 2 is 2.26 bits per heavy atom. The maximum atomic E-state index is 11.4. The van der Waals surface area contributed by atoms with Gasteiger partial charge in [-0.1, -0.05) is 11.8 Å². The summed E-state index contributed by atoms with van der Waals surface area (Å²) in [4.78, 5) is 11.4. The van der Waals surface area contributed by atoms with Gasteiger partial charge in [0, 0.05) is 37.4 Å². The average Bonchev–Trinajstić information content (AvgIpc) is 2.87. The van der Waals surface area contributed by atoms with E-state index >= 15 is 0 Å². The lowest BCUT2D eigenvalue weighted by molar-refractivity contribution is 0.228. The van der Waals surface area contributed by atoms with Gasteiger partial charge in [-0.25, -0.2) is 0 Å². The molecule has 2 unspecified atom stereocenters. The van der Waals surface area contributed by atoms with Crippen molar-refractivity contribution in [1.82, 2.24) is 4.57 Å². The number of hydrogen-bond donors (Lipinski definition) is 1. The summed E-state index contributed by atoms with van der Waals surface area (Å²) in [5.41, 5.74) is 0.624. The number of aliphatic hydroxyl groups is 1. The summed E-state index contributed by atoms with van der Waals surface area (Å²) in [5.74, 6) is 12.4. The van der Waals surface area contributed by atoms with Crippen molar-refractivity contribution in [2.75, 3.05) is 6.61 Å². The van der Waals surface area contributed by atoms with E-state index in [2.05, 4.69) is 23.7 Å². The van der Waals surface area contributed by atoms with E-state index in [0.29, 0.717) is 17.4 Å². The third-order valence-electron chi connectivity index (χ3n) is 3.45. The van der Waals surface area contributed by atoms with Crippen molar-refractivity contribution >= 4 is 0 Å². The summed E-state index contributed by atoms with van der Waals surface area (Å²) in [5, 5.41) is 9.04. The van der Waals surface area contributed by atoms with Crippen molar-refractivity contribution in [2.45, 2.75) is 19.3 Å². The maximum Gasteiger partial charge on any atom is 0.251 e. The topological polar surface area (TPSA) is 42.2 Å². The molecular formula is C16H17NO2. The summed E-state index contributed by atoms with van der Waals surface area (Å²) in [6.07, 6.45) is 4.77. The van der Waals surface area contributed by atoms with Gasteiger partial charge < -0.3 is 9.67 Å². The van der Waals surface area contributed by atoms with Crippen molar-refractivity contribution < 1.29 is 5.11 Å². The molecule has 0 amide bonds. The Morgan fingerprint density at radius 3 is 2.95 bits per heavy atom. The van der Waals surface area contributed by atoms with Gasteiger partial charge in [0.15, 0.2) is 0 Å². The predicted octanol–water partition coefficient (Wildman–Crippen LogP) is 1.15. The number of nitrogens with zero attached hydrogens (tertiary/aromatic N) is 1. The van der Waals surface area contributed by atoms with Gasteiger partial charge in [-0.3, -0.25) is 4.79 Å². The second kappa shape index (κ2) is 6.27. The maximum absolute atomic E-state index is 11.4. The molecule has 0 bridgehead atoms. The van der Waals surface area contributed by atoms with E-state index < -0.39 is 0 Å². The van der Waals surface area contributed by atoms with Crippen LogP contribution in [0, 0.1) is 35.5 Å². The Hall–Kier alpha value is -1.97. The van der Waals surface area contributed by atoms with Gasteiger partial charge in [0.2, 0.25) is 0 Å². The Labute approximate surface area is 113 Å². The second-order valence-corrected chi connectivity index (χ2v) is 4.94. The zero-order valence-electron chi connectivity index (χ0n) is 11.0. The minimum Gasteiger partial charge on any atom is -0.396 e. The molecule has 0 spiro atoms. The van der Waals surface area contributed by atoms with Gasteiger partial charge in [-0.15, -0.1) is 0 Å². The number of rotatable bonds is 1. The van der Waals surface area contributed by atoms with Gasteiger partial charge in [0.25, 0.3) is 5.56 Å². The minimum absolute atomic E-state index is 0.0682. The Morgan fingerprint density at radius 1 is 1.42 bits per heavy atom. The summed E-state index contributed by atoms with van der Waals surface area (Å²) in [6.45, 7) is 0.261. The van der Waals surface area contributed by atoms with E-state index in [1.165, 1.54) is 10.6 Å². The Balaban J connectivity index is 1.98. The monoisotopic (exact) mass is 255 g/mol. The first kappa shape index (κ1) is 13.5. The van der Waals surface area contributed by atoms with E-state index in [1.54, 1.807) is 19.3 Å². The molecule has 19 heavy (non-hydrogen) atoms. The minimum atomic E-state index is -0.0682. The van der Waals surface area contributed by atoms with Gasteiger partial charge in [-0.2, -0.15) is 0 Å². The average molecular weight is 255 g/mol. The Bertz CT molecular complexity index is 622. The van der Waals surface area contributed by atoms with Gasteiger partial charge in [0.1, 0.15) is 0 Å². The van der Waals surface area contributed by atoms with Crippen molar-refractivity contribution in [3.63, 3.8) is 0 Å². The first-order chi connectivity index (χ1) is 9.19. The molecule has 1 aromatic heterocycles. The number of hydrogen-bond acceptors (Lipinski definition) is 2. The summed E-state index contributed by atoms with van der Waals surface area (Å²) in [6, 6.07) is 3.31. The summed E-state index contributed by atoms with van der Waals surface area (Å²) in [7, 11) is 1.71. The third kappa shape index (κ3) is 3.74. The molecule has 1 fully saturated rings. The van der Waals surface area contributed by atoms with Gasteiger partial charge in [-0.05, 0) is 43.1 Å². The van der Waals surface area contributed by atoms with E-state index in [0.717, 1.165) is 19.3 Å². The molecule has 3 nitrogen and oxygen atoms in total. The van der Waals surface area contributed by atoms with Crippen LogP contribution in [0.4, 0.5) is 0 Å². The van der Waals surface area contributed by atoms with Crippen LogP contribution in [0.25, 0.3) is 0 Å². The van der Waals surface area contributed by atoms with E-state index in [-0.39, 0.29) is 12.2 Å². The van der Waals surface area contributed by atoms with Gasteiger partial charge in [0.05, 0.1) is 0 Å². The first-order valence-corrected chi connectivity index (χ1v) is 6.48. The van der Waals surface area contributed by atoms with Crippen molar-refractivity contribution in [3.8, 4) is 23.7 Å². The standard InChI is InChI=1S/C16H17NO2/c1-17-9-8-14(11-16(17)19)5-3-2-4-13-6-7-15(10-13)12-18/h8-9,11,13,15,18H,6-7,10,12H2,1H3. The third-order valence-corrected chi connectivity index (χ3v) is 3.45. The number of pyridine rings is 1. The highest BCUT2D eigenvalue weighted by Gasteiger charge is 2.22. The highest BCUT2D eigenvalue weighted by atomic mass is 16.3. The van der Waals surface area contributed by atoms with Crippen LogP contribution in [-0.4, -0.2) is 16.3 Å². The zero-order valence-corrected chi connectivity index (χ0v) is 11.0. The van der Waals surface area contributed by atoms with E-state index in [4.69, 9.17) is 5.11 Å². The van der Waals surface area contributed by atoms with Gasteiger partial charge >= 0.3 is 0 Å². The molecule has 2 rings (SSSR count). The van der Waals surface area contributed by atoms with Crippen LogP contribution in [0.2, 0.25) is 0 Å². The SMILES string of the molecule is Cn1ccc(C#CC#CC2CCC(CO)C2)cc1=O. The Kier molecular flexibility index (Phi) is 4.44. The smallest absolute Gasteiger partial charge is 0.251 e. The van der Waals surface area contributed by atoms with Crippen LogP contribution >= 0.6 is 0 Å². The van der Waals surface area contributed by atoms with Crippen LogP contribution < -0.4 is 5.56 Å².